The smallest absolute Gasteiger partial charge is 0.315 e. The highest BCUT2D eigenvalue weighted by molar-refractivity contribution is 5.90. The van der Waals surface area contributed by atoms with E-state index < -0.39 is 58.9 Å². The van der Waals surface area contributed by atoms with Gasteiger partial charge in [-0.3, -0.25) is 9.59 Å². The number of hydrogen-bond donors (Lipinski definition) is 2. The maximum atomic E-state index is 13.7. The molecule has 44 heavy (non-hydrogen) atoms. The first-order chi connectivity index (χ1) is 20.9. The molecule has 12 atom stereocenters. The molecule has 0 aromatic heterocycles. The van der Waals surface area contributed by atoms with Crippen molar-refractivity contribution in [2.24, 2.45) is 45.8 Å². The molecule has 1 saturated heterocycles. The number of aldehydes is 1. The number of ether oxygens (including phenoxy) is 4. The summed E-state index contributed by atoms with van der Waals surface area (Å²) in [6, 6.07) is 0. The monoisotopic (exact) mass is 618 g/mol. The standard InChI is InChI=1S/C35H54O9/c1-7-8-9-10-11-12-27(37)44-30-28(38)31(43-22(5)29(30)41-6)42-19-34-17-24-21(4)13-14-25(24)33(18-36)16-23(34)15-26(20(2)3)35(33,34)32(39)40/h15,18,20-25,28-31,38H,7-14,16-17,19H2,1-6H3,(H,39,40)/t21-,22-,23?,24-,25-,28+,29-,30+,31-,33+,34?,35+/m1/s1. The zero-order chi connectivity index (χ0) is 32.0. The fourth-order valence-corrected chi connectivity index (χ4v) is 10.5. The van der Waals surface area contributed by atoms with E-state index in [1.807, 2.05) is 13.8 Å². The Morgan fingerprint density at radius 2 is 1.84 bits per heavy atom. The Kier molecular flexibility index (Phi) is 9.73. The number of carbonyl (C=O) groups is 3. The normalized spacial score (nSPS) is 44.0. The van der Waals surface area contributed by atoms with Crippen molar-refractivity contribution in [1.82, 2.24) is 0 Å². The van der Waals surface area contributed by atoms with Crippen molar-refractivity contribution in [3.05, 3.63) is 11.6 Å². The Morgan fingerprint density at radius 1 is 1.11 bits per heavy atom. The molecule has 5 aliphatic rings. The van der Waals surface area contributed by atoms with E-state index in [9.17, 15) is 24.6 Å². The van der Waals surface area contributed by atoms with E-state index in [-0.39, 0.29) is 36.7 Å². The molecule has 4 bridgehead atoms. The van der Waals surface area contributed by atoms with Gasteiger partial charge in [-0.1, -0.05) is 71.4 Å². The van der Waals surface area contributed by atoms with Crippen molar-refractivity contribution in [3.8, 4) is 0 Å². The van der Waals surface area contributed by atoms with Crippen molar-refractivity contribution < 1.29 is 43.5 Å². The van der Waals surface area contributed by atoms with Crippen LogP contribution in [-0.2, 0) is 33.3 Å². The molecule has 2 N–H and O–H groups in total. The summed E-state index contributed by atoms with van der Waals surface area (Å²) in [6.45, 7) is 10.2. The van der Waals surface area contributed by atoms with Crippen LogP contribution in [0.1, 0.15) is 98.8 Å². The molecule has 0 spiro atoms. The summed E-state index contributed by atoms with van der Waals surface area (Å²) in [7, 11) is 1.50. The minimum absolute atomic E-state index is 0.0202. The number of allylic oxidation sites excluding steroid dienone is 1. The molecule has 4 aliphatic carbocycles. The van der Waals surface area contributed by atoms with Crippen LogP contribution >= 0.6 is 0 Å². The maximum absolute atomic E-state index is 13.7. The second-order valence-electron chi connectivity index (χ2n) is 14.8. The molecule has 9 heteroatoms. The highest BCUT2D eigenvalue weighted by atomic mass is 16.7. The quantitative estimate of drug-likeness (QED) is 0.115. The number of methoxy groups -OCH3 is 1. The van der Waals surface area contributed by atoms with Crippen LogP contribution in [0.2, 0.25) is 0 Å². The summed E-state index contributed by atoms with van der Waals surface area (Å²) in [5, 5.41) is 22.7. The molecule has 248 valence electrons. The fraction of sp³-hybridized carbons (Fsp3) is 0.857. The number of rotatable bonds is 14. The maximum Gasteiger partial charge on any atom is 0.315 e. The van der Waals surface area contributed by atoms with E-state index >= 15 is 0 Å². The largest absolute Gasteiger partial charge is 0.481 e. The Balaban J connectivity index is 1.41. The third kappa shape index (κ3) is 4.82. The number of aliphatic carboxylic acids is 1. The number of aliphatic hydroxyl groups excluding tert-OH is 1. The van der Waals surface area contributed by atoms with Gasteiger partial charge in [0.25, 0.3) is 0 Å². The molecule has 9 nitrogen and oxygen atoms in total. The average Bonchev–Trinajstić information content (AvgIpc) is 3.55. The Labute approximate surface area is 262 Å². The number of hydrogen-bond acceptors (Lipinski definition) is 8. The molecule has 4 fully saturated rings. The summed E-state index contributed by atoms with van der Waals surface area (Å²) in [6.07, 6.45) is 6.65. The van der Waals surface area contributed by atoms with E-state index in [0.717, 1.165) is 56.8 Å². The van der Waals surface area contributed by atoms with Crippen molar-refractivity contribution in [3.63, 3.8) is 0 Å². The Morgan fingerprint density at radius 3 is 2.48 bits per heavy atom. The van der Waals surface area contributed by atoms with Crippen LogP contribution in [0, 0.1) is 45.8 Å². The lowest BCUT2D eigenvalue weighted by Gasteiger charge is -2.58. The lowest BCUT2D eigenvalue weighted by molar-refractivity contribution is -0.309. The molecular weight excluding hydrogens is 564 g/mol. The molecule has 0 aromatic rings. The van der Waals surface area contributed by atoms with Gasteiger partial charge in [-0.15, -0.1) is 0 Å². The first-order valence-corrected chi connectivity index (χ1v) is 17.0. The van der Waals surface area contributed by atoms with Gasteiger partial charge in [0.15, 0.2) is 12.4 Å². The summed E-state index contributed by atoms with van der Waals surface area (Å²) >= 11 is 0. The summed E-state index contributed by atoms with van der Waals surface area (Å²) in [4.78, 5) is 39.8. The van der Waals surface area contributed by atoms with Gasteiger partial charge in [-0.2, -0.15) is 0 Å². The van der Waals surface area contributed by atoms with E-state index in [4.69, 9.17) is 18.9 Å². The number of carboxylic acids is 1. The van der Waals surface area contributed by atoms with Gasteiger partial charge in [0.2, 0.25) is 0 Å². The third-order valence-electron chi connectivity index (χ3n) is 12.4. The molecule has 5 rings (SSSR count). The molecule has 0 amide bonds. The van der Waals surface area contributed by atoms with E-state index in [0.29, 0.717) is 18.8 Å². The topological polar surface area (TPSA) is 129 Å². The van der Waals surface area contributed by atoms with Gasteiger partial charge < -0.3 is 34.0 Å². The first-order valence-electron chi connectivity index (χ1n) is 17.0. The minimum Gasteiger partial charge on any atom is -0.481 e. The van der Waals surface area contributed by atoms with Crippen LogP contribution in [0.15, 0.2) is 11.6 Å². The number of fused-ring (bicyclic) bond motifs is 2. The fourth-order valence-electron chi connectivity index (χ4n) is 10.5. The summed E-state index contributed by atoms with van der Waals surface area (Å²) in [5.41, 5.74) is -2.40. The lowest BCUT2D eigenvalue weighted by Crippen LogP contribution is -2.64. The number of aliphatic hydroxyl groups is 1. The molecule has 3 saturated carbocycles. The predicted octanol–water partition coefficient (Wildman–Crippen LogP) is 5.32. The van der Waals surface area contributed by atoms with Gasteiger partial charge >= 0.3 is 11.9 Å². The van der Waals surface area contributed by atoms with Crippen molar-refractivity contribution in [1.29, 1.82) is 0 Å². The number of carboxylic acid groups (broad SMARTS) is 1. The molecular formula is C35H54O9. The van der Waals surface area contributed by atoms with Crippen LogP contribution < -0.4 is 0 Å². The SMILES string of the molecule is CCCCCCCC(=O)O[C@H]1[C@H](O)[C@H](OCC23C[C@@H]4[C@H](C)CC[C@H]4[C@@]4(C=O)CC2C=C(C(C)C)[C@@]34C(=O)O)O[C@H](C)[C@H]1OC. The van der Waals surface area contributed by atoms with Crippen molar-refractivity contribution in [2.45, 2.75) is 130 Å². The zero-order valence-electron chi connectivity index (χ0n) is 27.5. The third-order valence-corrected chi connectivity index (χ3v) is 12.4. The molecule has 0 radical (unpaired) electrons. The van der Waals surface area contributed by atoms with E-state index in [1.54, 1.807) is 6.92 Å². The number of esters is 1. The van der Waals surface area contributed by atoms with Crippen LogP contribution in [0.25, 0.3) is 0 Å². The highest BCUT2D eigenvalue weighted by Crippen LogP contribution is 2.82. The van der Waals surface area contributed by atoms with Crippen LogP contribution in [0.4, 0.5) is 0 Å². The average molecular weight is 619 g/mol. The van der Waals surface area contributed by atoms with Crippen molar-refractivity contribution >= 4 is 18.2 Å². The molecule has 1 aliphatic heterocycles. The second kappa shape index (κ2) is 12.8. The van der Waals surface area contributed by atoms with Crippen LogP contribution in [0.5, 0.6) is 0 Å². The van der Waals surface area contributed by atoms with Crippen LogP contribution in [0.3, 0.4) is 0 Å². The lowest BCUT2D eigenvalue weighted by atomic mass is 9.43. The minimum atomic E-state index is -1.38. The Hall–Kier alpha value is -1.81. The van der Waals surface area contributed by atoms with Gasteiger partial charge in [0.1, 0.15) is 23.9 Å². The van der Waals surface area contributed by atoms with Crippen molar-refractivity contribution in [2.75, 3.05) is 13.7 Å². The van der Waals surface area contributed by atoms with Gasteiger partial charge in [-0.25, -0.2) is 0 Å². The molecule has 1 heterocycles. The Bertz CT molecular complexity index is 1120. The van der Waals surface area contributed by atoms with Crippen LogP contribution in [-0.4, -0.2) is 72.9 Å². The second-order valence-corrected chi connectivity index (χ2v) is 14.8. The van der Waals surface area contributed by atoms with E-state index in [1.165, 1.54) is 7.11 Å². The first kappa shape index (κ1) is 33.6. The molecule has 2 unspecified atom stereocenters. The zero-order valence-corrected chi connectivity index (χ0v) is 27.5. The van der Waals surface area contributed by atoms with Gasteiger partial charge in [-0.05, 0) is 62.2 Å². The summed E-state index contributed by atoms with van der Waals surface area (Å²) in [5.74, 6) is -0.893. The van der Waals surface area contributed by atoms with Gasteiger partial charge in [0.05, 0.1) is 18.1 Å². The number of unbranched alkanes of at least 4 members (excludes halogenated alkanes) is 4. The van der Waals surface area contributed by atoms with Gasteiger partial charge in [0, 0.05) is 18.9 Å². The van der Waals surface area contributed by atoms with E-state index in [2.05, 4.69) is 19.9 Å². The summed E-state index contributed by atoms with van der Waals surface area (Å²) < 4.78 is 24.0. The number of carbonyl (C=O) groups excluding carboxylic acids is 2. The predicted molar refractivity (Wildman–Crippen MR) is 162 cm³/mol. The highest BCUT2D eigenvalue weighted by Gasteiger charge is 2.84. The molecule has 0 aromatic carbocycles.